The van der Waals surface area contributed by atoms with Crippen LogP contribution in [0.15, 0.2) is 24.3 Å². The minimum Gasteiger partial charge on any atom is -0.481 e. The number of amides is 2. The smallest absolute Gasteiger partial charge is 0.321 e. The molecular weight excluding hydrogens is 272 g/mol. The number of hydrogen-bond acceptors (Lipinski definition) is 3. The van der Waals surface area contributed by atoms with Gasteiger partial charge in [-0.05, 0) is 36.5 Å². The van der Waals surface area contributed by atoms with Crippen LogP contribution in [0.1, 0.15) is 18.4 Å². The van der Waals surface area contributed by atoms with E-state index in [1.807, 2.05) is 0 Å². The van der Waals surface area contributed by atoms with Gasteiger partial charge in [0.2, 0.25) is 0 Å². The Hall–Kier alpha value is -2.08. The Morgan fingerprint density at radius 2 is 1.90 bits per heavy atom. The summed E-state index contributed by atoms with van der Waals surface area (Å²) in [6.07, 6.45) is 1.26. The maximum absolute atomic E-state index is 12.0. The molecule has 0 spiro atoms. The lowest BCUT2D eigenvalue weighted by atomic mass is 9.82. The Kier molecular flexibility index (Phi) is 4.80. The topological polar surface area (TPSA) is 89.9 Å². The highest BCUT2D eigenvalue weighted by molar-refractivity contribution is 5.89. The van der Waals surface area contributed by atoms with Gasteiger partial charge in [-0.2, -0.15) is 0 Å². The van der Waals surface area contributed by atoms with Gasteiger partial charge >= 0.3 is 12.0 Å². The average Bonchev–Trinajstić information content (AvgIpc) is 2.38. The van der Waals surface area contributed by atoms with Gasteiger partial charge in [0, 0.05) is 19.3 Å². The molecule has 0 aliphatic heterocycles. The van der Waals surface area contributed by atoms with E-state index in [2.05, 4.69) is 5.32 Å². The summed E-state index contributed by atoms with van der Waals surface area (Å²) in [5.74, 6) is -0.511. The third-order valence-corrected chi connectivity index (χ3v) is 3.65. The highest BCUT2D eigenvalue weighted by Gasteiger charge is 2.29. The summed E-state index contributed by atoms with van der Waals surface area (Å²) < 4.78 is 0. The third kappa shape index (κ3) is 4.46. The number of benzene rings is 1. The number of hydrogen-bond donors (Lipinski definition) is 3. The quantitative estimate of drug-likeness (QED) is 0.768. The molecule has 114 valence electrons. The van der Waals surface area contributed by atoms with Crippen LogP contribution in [0.5, 0.6) is 0 Å². The normalized spacial score (nSPS) is 20.5. The molecule has 0 bridgehead atoms. The Morgan fingerprint density at radius 1 is 1.29 bits per heavy atom. The molecule has 1 aromatic rings. The molecule has 1 aliphatic carbocycles. The molecule has 1 aliphatic rings. The van der Waals surface area contributed by atoms with Crippen molar-refractivity contribution in [3.05, 3.63) is 29.8 Å². The van der Waals surface area contributed by atoms with E-state index in [0.717, 1.165) is 12.8 Å². The van der Waals surface area contributed by atoms with Crippen LogP contribution >= 0.6 is 0 Å². The Labute approximate surface area is 123 Å². The van der Waals surface area contributed by atoms with Crippen LogP contribution < -0.4 is 5.32 Å². The van der Waals surface area contributed by atoms with E-state index in [-0.39, 0.29) is 18.6 Å². The molecule has 6 nitrogen and oxygen atoms in total. The number of carbonyl (C=O) groups excluding carboxylic acids is 1. The molecule has 6 heteroatoms. The molecule has 0 atom stereocenters. The van der Waals surface area contributed by atoms with Crippen LogP contribution in [0.3, 0.4) is 0 Å². The molecule has 3 N–H and O–H groups in total. The number of urea groups is 1. The number of carboxylic acids is 1. The maximum Gasteiger partial charge on any atom is 0.321 e. The number of aliphatic hydroxyl groups excluding tert-OH is 1. The van der Waals surface area contributed by atoms with Gasteiger partial charge in [0.1, 0.15) is 0 Å². The zero-order chi connectivity index (χ0) is 15.4. The summed E-state index contributed by atoms with van der Waals surface area (Å²) in [5.41, 5.74) is 1.33. The molecule has 0 aromatic heterocycles. The summed E-state index contributed by atoms with van der Waals surface area (Å²) in [6.45, 7) is 0.625. The molecule has 21 heavy (non-hydrogen) atoms. The standard InChI is InChI=1S/C15H20N2O4/c1-17(9-11-6-13(18)7-11)15(21)16-12-4-2-10(3-5-12)8-14(19)20/h2-5,11,13,18H,6-9H2,1H3,(H,16,21)(H,19,20). The zero-order valence-electron chi connectivity index (χ0n) is 12.0. The van der Waals surface area contributed by atoms with Crippen molar-refractivity contribution < 1.29 is 19.8 Å². The number of nitrogens with zero attached hydrogens (tertiary/aromatic N) is 1. The lowest BCUT2D eigenvalue weighted by molar-refractivity contribution is -0.136. The van der Waals surface area contributed by atoms with Crippen molar-refractivity contribution in [3.8, 4) is 0 Å². The van der Waals surface area contributed by atoms with Crippen molar-refractivity contribution >= 4 is 17.7 Å². The van der Waals surface area contributed by atoms with E-state index < -0.39 is 5.97 Å². The van der Waals surface area contributed by atoms with E-state index in [9.17, 15) is 14.7 Å². The fourth-order valence-corrected chi connectivity index (χ4v) is 2.42. The second kappa shape index (κ2) is 6.58. The van der Waals surface area contributed by atoms with Crippen molar-refractivity contribution in [2.45, 2.75) is 25.4 Å². The SMILES string of the molecule is CN(CC1CC(O)C1)C(=O)Nc1ccc(CC(=O)O)cc1. The van der Waals surface area contributed by atoms with Crippen molar-refractivity contribution in [1.29, 1.82) is 0 Å². The van der Waals surface area contributed by atoms with Crippen LogP contribution in [-0.2, 0) is 11.2 Å². The summed E-state index contributed by atoms with van der Waals surface area (Å²) in [7, 11) is 1.72. The van der Waals surface area contributed by atoms with Gasteiger partial charge in [-0.25, -0.2) is 4.79 Å². The number of nitrogens with one attached hydrogen (secondary N) is 1. The van der Waals surface area contributed by atoms with E-state index in [0.29, 0.717) is 23.7 Å². The average molecular weight is 292 g/mol. The molecule has 0 radical (unpaired) electrons. The maximum atomic E-state index is 12.0. The van der Waals surface area contributed by atoms with Gasteiger partial charge in [-0.3, -0.25) is 4.79 Å². The molecule has 1 saturated carbocycles. The van der Waals surface area contributed by atoms with Gasteiger partial charge in [0.15, 0.2) is 0 Å². The minimum absolute atomic E-state index is 0.0296. The summed E-state index contributed by atoms with van der Waals surface area (Å²) in [6, 6.07) is 6.55. The van der Waals surface area contributed by atoms with Crippen LogP contribution in [0, 0.1) is 5.92 Å². The predicted octanol–water partition coefficient (Wildman–Crippen LogP) is 1.55. The first-order valence-electron chi connectivity index (χ1n) is 6.95. The van der Waals surface area contributed by atoms with E-state index >= 15 is 0 Å². The predicted molar refractivity (Wildman–Crippen MR) is 78.2 cm³/mol. The van der Waals surface area contributed by atoms with Crippen LogP contribution in [0.25, 0.3) is 0 Å². The fourth-order valence-electron chi connectivity index (χ4n) is 2.42. The summed E-state index contributed by atoms with van der Waals surface area (Å²) in [4.78, 5) is 24.2. The van der Waals surface area contributed by atoms with Gasteiger partial charge in [0.05, 0.1) is 12.5 Å². The molecule has 2 amide bonds. The second-order valence-electron chi connectivity index (χ2n) is 5.57. The molecular formula is C15H20N2O4. The molecule has 2 rings (SSSR count). The van der Waals surface area contributed by atoms with Crippen molar-refractivity contribution in [1.82, 2.24) is 4.90 Å². The van der Waals surface area contributed by atoms with E-state index in [1.165, 1.54) is 0 Å². The van der Waals surface area contributed by atoms with Gasteiger partial charge in [-0.15, -0.1) is 0 Å². The molecule has 0 saturated heterocycles. The summed E-state index contributed by atoms with van der Waals surface area (Å²) >= 11 is 0. The first kappa shape index (κ1) is 15.3. The first-order chi connectivity index (χ1) is 9.94. The Balaban J connectivity index is 1.82. The Bertz CT molecular complexity index is 509. The number of aliphatic carboxylic acids is 1. The van der Waals surface area contributed by atoms with Crippen molar-refractivity contribution in [2.24, 2.45) is 5.92 Å². The first-order valence-corrected chi connectivity index (χ1v) is 6.95. The monoisotopic (exact) mass is 292 g/mol. The van der Waals surface area contributed by atoms with Gasteiger partial charge in [0.25, 0.3) is 0 Å². The van der Waals surface area contributed by atoms with E-state index in [1.54, 1.807) is 36.2 Å². The largest absolute Gasteiger partial charge is 0.481 e. The number of anilines is 1. The molecule has 1 fully saturated rings. The van der Waals surface area contributed by atoms with Crippen molar-refractivity contribution in [3.63, 3.8) is 0 Å². The minimum atomic E-state index is -0.880. The molecule has 0 heterocycles. The highest BCUT2D eigenvalue weighted by atomic mass is 16.4. The fraction of sp³-hybridized carbons (Fsp3) is 0.467. The number of rotatable bonds is 5. The van der Waals surface area contributed by atoms with E-state index in [4.69, 9.17) is 5.11 Å². The zero-order valence-corrected chi connectivity index (χ0v) is 12.0. The van der Waals surface area contributed by atoms with Crippen LogP contribution in [0.2, 0.25) is 0 Å². The number of carboxylic acid groups (broad SMARTS) is 1. The van der Waals surface area contributed by atoms with Gasteiger partial charge in [-0.1, -0.05) is 12.1 Å². The van der Waals surface area contributed by atoms with Gasteiger partial charge < -0.3 is 20.4 Å². The lowest BCUT2D eigenvalue weighted by Crippen LogP contribution is -2.41. The van der Waals surface area contributed by atoms with Crippen LogP contribution in [0.4, 0.5) is 10.5 Å². The van der Waals surface area contributed by atoms with Crippen molar-refractivity contribution in [2.75, 3.05) is 18.9 Å². The molecule has 0 unspecified atom stereocenters. The van der Waals surface area contributed by atoms with Crippen LogP contribution in [-0.4, -0.2) is 46.8 Å². The number of aliphatic hydroxyl groups is 1. The summed E-state index contributed by atoms with van der Waals surface area (Å²) in [5, 5.41) is 20.7. The second-order valence-corrected chi connectivity index (χ2v) is 5.57. The highest BCUT2D eigenvalue weighted by Crippen LogP contribution is 2.27. The Morgan fingerprint density at radius 3 is 2.43 bits per heavy atom. The molecule has 1 aromatic carbocycles. The number of carbonyl (C=O) groups is 2. The lowest BCUT2D eigenvalue weighted by Gasteiger charge is -2.34. The third-order valence-electron chi connectivity index (χ3n) is 3.65.